The molecule has 38 heavy (non-hydrogen) atoms. The number of rotatable bonds is 9. The Morgan fingerprint density at radius 1 is 0.711 bits per heavy atom. The predicted octanol–water partition coefficient (Wildman–Crippen LogP) is 6.76. The lowest BCUT2D eigenvalue weighted by atomic mass is 9.70. The second-order valence-corrected chi connectivity index (χ2v) is 12.8. The maximum absolute atomic E-state index is 6.15. The van der Waals surface area contributed by atoms with Crippen LogP contribution in [0.4, 0.5) is 0 Å². The molecule has 4 nitrogen and oxygen atoms in total. The minimum absolute atomic E-state index is 0.324. The van der Waals surface area contributed by atoms with Gasteiger partial charge < -0.3 is 9.47 Å². The molecule has 202 valence electrons. The molecule has 2 atom stereocenters. The summed E-state index contributed by atoms with van der Waals surface area (Å²) >= 11 is 9.13. The van der Waals surface area contributed by atoms with Crippen LogP contribution in [0.25, 0.3) is 0 Å². The molecule has 0 amide bonds. The fourth-order valence-corrected chi connectivity index (χ4v) is 5.73. The Balaban J connectivity index is 1.50. The van der Waals surface area contributed by atoms with Gasteiger partial charge >= 0.3 is 0 Å². The summed E-state index contributed by atoms with van der Waals surface area (Å²) in [7, 11) is 0. The molecule has 0 spiro atoms. The Morgan fingerprint density at radius 2 is 1.18 bits per heavy atom. The zero-order valence-electron chi connectivity index (χ0n) is 22.8. The Labute approximate surface area is 239 Å². The molecule has 0 N–H and O–H groups in total. The fourth-order valence-electron chi connectivity index (χ4n) is 5.50. The summed E-state index contributed by atoms with van der Waals surface area (Å²) in [5, 5.41) is 0.767. The van der Waals surface area contributed by atoms with Gasteiger partial charge in [0.1, 0.15) is 25.0 Å². The molecule has 2 heterocycles. The Hall–Kier alpha value is -2.12. The number of hydrogen-bond donors (Lipinski definition) is 2. The van der Waals surface area contributed by atoms with Crippen molar-refractivity contribution >= 4 is 25.3 Å². The van der Waals surface area contributed by atoms with Gasteiger partial charge in [-0.25, -0.2) is 0 Å². The van der Waals surface area contributed by atoms with Crippen molar-refractivity contribution in [3.8, 4) is 11.5 Å². The van der Waals surface area contributed by atoms with Crippen LogP contribution in [0.3, 0.4) is 0 Å². The fraction of sp³-hybridized carbons (Fsp3) is 0.438. The maximum atomic E-state index is 6.15. The minimum Gasteiger partial charge on any atom is -0.478 e. The third kappa shape index (κ3) is 6.04. The zero-order chi connectivity index (χ0) is 26.7. The van der Waals surface area contributed by atoms with Crippen molar-refractivity contribution in [3.63, 3.8) is 0 Å². The standard InChI is InChI=1S/C32H40N2O2S2/c1-23(37)13-15-33-19-25-17-28(9-11-30(25)35-21-33)32(3,27-7-5-4-6-8-27)29-10-12-31-26(18-29)20-34(22-36-31)16-14-24(2)38/h4-12,17-18,23-24,37-38H,13-16,19-22H2,1-3H3. The lowest BCUT2D eigenvalue weighted by Gasteiger charge is -2.36. The third-order valence-electron chi connectivity index (χ3n) is 7.95. The van der Waals surface area contributed by atoms with Gasteiger partial charge in [-0.2, -0.15) is 25.3 Å². The van der Waals surface area contributed by atoms with Gasteiger partial charge in [-0.1, -0.05) is 56.3 Å². The topological polar surface area (TPSA) is 24.9 Å². The molecule has 3 aromatic carbocycles. The van der Waals surface area contributed by atoms with Crippen molar-refractivity contribution in [2.45, 2.75) is 62.6 Å². The summed E-state index contributed by atoms with van der Waals surface area (Å²) in [4.78, 5) is 4.74. The van der Waals surface area contributed by atoms with Crippen molar-refractivity contribution in [2.75, 3.05) is 26.6 Å². The summed E-state index contributed by atoms with van der Waals surface area (Å²) in [6.07, 6.45) is 2.09. The second kappa shape index (κ2) is 12.0. The average molecular weight is 549 g/mol. The molecule has 0 saturated carbocycles. The van der Waals surface area contributed by atoms with Crippen molar-refractivity contribution in [3.05, 3.63) is 94.5 Å². The smallest absolute Gasteiger partial charge is 0.142 e. The highest BCUT2D eigenvalue weighted by Gasteiger charge is 2.34. The van der Waals surface area contributed by atoms with Crippen molar-refractivity contribution in [2.24, 2.45) is 0 Å². The Kier molecular flexibility index (Phi) is 8.63. The van der Waals surface area contributed by atoms with E-state index in [9.17, 15) is 0 Å². The second-order valence-electron chi connectivity index (χ2n) is 11.1. The molecule has 0 saturated heterocycles. The van der Waals surface area contributed by atoms with Crippen LogP contribution in [0.1, 0.15) is 61.4 Å². The van der Waals surface area contributed by atoms with Crippen LogP contribution in [0, 0.1) is 0 Å². The molecule has 0 bridgehead atoms. The molecule has 3 aromatic rings. The number of nitrogens with zero attached hydrogens (tertiary/aromatic N) is 2. The van der Waals surface area contributed by atoms with Crippen LogP contribution in [0.2, 0.25) is 0 Å². The molecular weight excluding hydrogens is 508 g/mol. The van der Waals surface area contributed by atoms with Crippen molar-refractivity contribution in [1.82, 2.24) is 9.80 Å². The van der Waals surface area contributed by atoms with Crippen molar-refractivity contribution < 1.29 is 9.47 Å². The van der Waals surface area contributed by atoms with Gasteiger partial charge in [-0.3, -0.25) is 9.80 Å². The first-order valence-electron chi connectivity index (χ1n) is 13.7. The van der Waals surface area contributed by atoms with E-state index in [1.807, 2.05) is 0 Å². The first-order chi connectivity index (χ1) is 18.3. The van der Waals surface area contributed by atoms with E-state index in [4.69, 9.17) is 9.47 Å². The van der Waals surface area contributed by atoms with E-state index in [0.29, 0.717) is 24.0 Å². The summed E-state index contributed by atoms with van der Waals surface area (Å²) in [6.45, 7) is 11.7. The molecule has 0 aliphatic carbocycles. The molecule has 2 aliphatic heterocycles. The van der Waals surface area contributed by atoms with Gasteiger partial charge in [-0.05, 0) is 60.7 Å². The van der Waals surface area contributed by atoms with Crippen LogP contribution in [-0.4, -0.2) is 46.9 Å². The predicted molar refractivity (Wildman–Crippen MR) is 163 cm³/mol. The minimum atomic E-state index is -0.324. The molecule has 0 fully saturated rings. The molecule has 5 rings (SSSR count). The lowest BCUT2D eigenvalue weighted by Crippen LogP contribution is -2.34. The highest BCUT2D eigenvalue weighted by molar-refractivity contribution is 7.81. The Morgan fingerprint density at radius 3 is 1.63 bits per heavy atom. The third-order valence-corrected chi connectivity index (χ3v) is 8.46. The Bertz CT molecular complexity index is 1160. The number of benzene rings is 3. The van der Waals surface area contributed by atoms with Gasteiger partial charge in [0.25, 0.3) is 0 Å². The van der Waals surface area contributed by atoms with Crippen LogP contribution < -0.4 is 9.47 Å². The van der Waals surface area contributed by atoms with Crippen molar-refractivity contribution in [1.29, 1.82) is 0 Å². The lowest BCUT2D eigenvalue weighted by molar-refractivity contribution is 0.0942. The van der Waals surface area contributed by atoms with Crippen LogP contribution in [-0.2, 0) is 18.5 Å². The highest BCUT2D eigenvalue weighted by atomic mass is 32.1. The largest absolute Gasteiger partial charge is 0.478 e. The molecule has 2 aliphatic rings. The SMILES string of the molecule is CC(S)CCN1COc2ccc(C(C)(c3ccccc3)c3ccc4c(c3)CN(CCC(C)S)CO4)cc2C1. The van der Waals surface area contributed by atoms with Crippen LogP contribution in [0.15, 0.2) is 66.7 Å². The number of fused-ring (bicyclic) bond motifs is 2. The quantitative estimate of drug-likeness (QED) is 0.228. The summed E-state index contributed by atoms with van der Waals surface area (Å²) < 4.78 is 12.3. The summed E-state index contributed by atoms with van der Waals surface area (Å²) in [5.74, 6) is 1.99. The van der Waals surface area contributed by atoms with Gasteiger partial charge in [0.15, 0.2) is 0 Å². The van der Waals surface area contributed by atoms with E-state index >= 15 is 0 Å². The molecular formula is C32H40N2O2S2. The number of hydrogen-bond acceptors (Lipinski definition) is 6. The number of thiol groups is 2. The monoisotopic (exact) mass is 548 g/mol. The van der Waals surface area contributed by atoms with Gasteiger partial charge in [0.05, 0.1) is 0 Å². The zero-order valence-corrected chi connectivity index (χ0v) is 24.6. The maximum Gasteiger partial charge on any atom is 0.142 e. The first kappa shape index (κ1) is 27.4. The van der Waals surface area contributed by atoms with E-state index < -0.39 is 0 Å². The first-order valence-corrected chi connectivity index (χ1v) is 14.7. The average Bonchev–Trinajstić information content (AvgIpc) is 2.94. The molecule has 6 heteroatoms. The van der Waals surface area contributed by atoms with Gasteiger partial charge in [0.2, 0.25) is 0 Å². The molecule has 0 aromatic heterocycles. The van der Waals surface area contributed by atoms with E-state index in [1.165, 1.54) is 27.8 Å². The van der Waals surface area contributed by atoms with Crippen LogP contribution >= 0.6 is 25.3 Å². The van der Waals surface area contributed by atoms with E-state index in [0.717, 1.165) is 50.5 Å². The summed E-state index contributed by atoms with van der Waals surface area (Å²) in [6, 6.07) is 24.4. The van der Waals surface area contributed by atoms with E-state index in [-0.39, 0.29) is 5.41 Å². The van der Waals surface area contributed by atoms with Gasteiger partial charge in [-0.15, -0.1) is 0 Å². The van der Waals surface area contributed by atoms with Crippen LogP contribution in [0.5, 0.6) is 11.5 Å². The highest BCUT2D eigenvalue weighted by Crippen LogP contribution is 2.42. The summed E-state index contributed by atoms with van der Waals surface area (Å²) in [5.41, 5.74) is 5.98. The van der Waals surface area contributed by atoms with E-state index in [1.54, 1.807) is 0 Å². The normalized spacial score (nSPS) is 18.9. The molecule has 2 unspecified atom stereocenters. The van der Waals surface area contributed by atoms with E-state index in [2.05, 4.69) is 123 Å². The molecule has 0 radical (unpaired) electrons. The number of ether oxygens (including phenoxy) is 2. The van der Waals surface area contributed by atoms with Gasteiger partial charge in [0, 0.05) is 53.2 Å².